The van der Waals surface area contributed by atoms with Crippen molar-refractivity contribution in [3.63, 3.8) is 0 Å². The average Bonchev–Trinajstić information content (AvgIpc) is 2.73. The Morgan fingerprint density at radius 3 is 2.89 bits per heavy atom. The summed E-state index contributed by atoms with van der Waals surface area (Å²) in [6.07, 6.45) is 1.67. The van der Waals surface area contributed by atoms with Gasteiger partial charge in [-0.3, -0.25) is 9.48 Å². The minimum atomic E-state index is 0.00863. The van der Waals surface area contributed by atoms with Gasteiger partial charge in [-0.05, 0) is 64.0 Å². The lowest BCUT2D eigenvalue weighted by Crippen LogP contribution is -2.12. The average molecular weight is 419 g/mol. The number of aromatic nitrogens is 2. The number of nitrogens with zero attached hydrogens (tertiary/aromatic N) is 2. The van der Waals surface area contributed by atoms with Gasteiger partial charge in [0, 0.05) is 15.7 Å². The van der Waals surface area contributed by atoms with Gasteiger partial charge in [-0.15, -0.1) is 0 Å². The molecular weight excluding hydrogens is 407 g/mol. The first-order valence-corrected chi connectivity index (χ1v) is 7.44. The van der Waals surface area contributed by atoms with E-state index in [0.29, 0.717) is 12.2 Å². The van der Waals surface area contributed by atoms with Gasteiger partial charge >= 0.3 is 0 Å². The van der Waals surface area contributed by atoms with Crippen LogP contribution in [0.15, 0.2) is 28.9 Å². The molecule has 0 unspecified atom stereocenters. The van der Waals surface area contributed by atoms with Crippen molar-refractivity contribution < 1.29 is 4.79 Å². The molecule has 0 radical (unpaired) electrons. The number of carbonyl (C=O) groups excluding carboxylic acids is 1. The van der Waals surface area contributed by atoms with Crippen LogP contribution >= 0.6 is 38.5 Å². The van der Waals surface area contributed by atoms with Crippen LogP contribution in [0.2, 0.25) is 0 Å². The Morgan fingerprint density at radius 1 is 1.50 bits per heavy atom. The molecule has 0 aliphatic heterocycles. The van der Waals surface area contributed by atoms with Gasteiger partial charge < -0.3 is 0 Å². The molecule has 0 amide bonds. The molecule has 3 nitrogen and oxygen atoms in total. The van der Waals surface area contributed by atoms with Crippen LogP contribution in [0.5, 0.6) is 0 Å². The number of benzene rings is 1. The van der Waals surface area contributed by atoms with Crippen molar-refractivity contribution in [2.75, 3.05) is 0 Å². The number of halogens is 2. The Balaban J connectivity index is 2.55. The highest BCUT2D eigenvalue weighted by molar-refractivity contribution is 14.1. The smallest absolute Gasteiger partial charge is 0.213 e. The molecule has 0 saturated heterocycles. The lowest BCUT2D eigenvalue weighted by atomic mass is 10.1. The molecular formula is C13H12BrIN2O. The first kappa shape index (κ1) is 13.7. The first-order valence-electron chi connectivity index (χ1n) is 5.57. The van der Waals surface area contributed by atoms with E-state index in [9.17, 15) is 4.79 Å². The second-order valence-corrected chi connectivity index (χ2v) is 5.86. The highest BCUT2D eigenvalue weighted by Gasteiger charge is 2.20. The summed E-state index contributed by atoms with van der Waals surface area (Å²) < 4.78 is 3.45. The molecule has 5 heteroatoms. The Bertz CT molecular complexity index is 607. The predicted molar refractivity (Wildman–Crippen MR) is 82.9 cm³/mol. The minimum Gasteiger partial charge on any atom is -0.287 e. The number of carbonyl (C=O) groups is 1. The van der Waals surface area contributed by atoms with Gasteiger partial charge in [0.25, 0.3) is 0 Å². The van der Waals surface area contributed by atoms with E-state index in [1.807, 2.05) is 32.0 Å². The van der Waals surface area contributed by atoms with Crippen LogP contribution in [0.3, 0.4) is 0 Å². The van der Waals surface area contributed by atoms with E-state index in [1.54, 1.807) is 10.9 Å². The van der Waals surface area contributed by atoms with Gasteiger partial charge in [0.05, 0.1) is 10.7 Å². The Kier molecular flexibility index (Phi) is 4.21. The molecule has 0 aliphatic rings. The topological polar surface area (TPSA) is 34.9 Å². The molecule has 94 valence electrons. The molecule has 1 aromatic heterocycles. The van der Waals surface area contributed by atoms with Crippen LogP contribution in [-0.4, -0.2) is 15.6 Å². The van der Waals surface area contributed by atoms with Crippen LogP contribution in [0.4, 0.5) is 0 Å². The zero-order valence-electron chi connectivity index (χ0n) is 10.1. The number of hydrogen-bond donors (Lipinski definition) is 0. The van der Waals surface area contributed by atoms with Crippen molar-refractivity contribution in [3.8, 4) is 0 Å². The highest BCUT2D eigenvalue weighted by atomic mass is 127. The van der Waals surface area contributed by atoms with Crippen LogP contribution in [0.1, 0.15) is 28.5 Å². The van der Waals surface area contributed by atoms with E-state index in [1.165, 1.54) is 0 Å². The maximum absolute atomic E-state index is 12.6. The molecule has 2 rings (SSSR count). The number of hydrogen-bond acceptors (Lipinski definition) is 2. The maximum atomic E-state index is 12.6. The van der Waals surface area contributed by atoms with Crippen molar-refractivity contribution in [1.82, 2.24) is 9.78 Å². The maximum Gasteiger partial charge on any atom is 0.213 e. The van der Waals surface area contributed by atoms with Crippen molar-refractivity contribution in [2.24, 2.45) is 0 Å². The van der Waals surface area contributed by atoms with Crippen LogP contribution < -0.4 is 0 Å². The Morgan fingerprint density at radius 2 is 2.22 bits per heavy atom. The van der Waals surface area contributed by atoms with Crippen molar-refractivity contribution >= 4 is 44.3 Å². The molecule has 1 heterocycles. The minimum absolute atomic E-state index is 0.00863. The summed E-state index contributed by atoms with van der Waals surface area (Å²) in [5, 5.41) is 4.18. The number of aryl methyl sites for hydroxylation is 2. The fourth-order valence-electron chi connectivity index (χ4n) is 1.78. The molecule has 0 aliphatic carbocycles. The monoisotopic (exact) mass is 418 g/mol. The second-order valence-electron chi connectivity index (χ2n) is 3.92. The molecule has 1 aromatic carbocycles. The third-order valence-corrected chi connectivity index (χ3v) is 4.76. The fraction of sp³-hybridized carbons (Fsp3) is 0.231. The van der Waals surface area contributed by atoms with Gasteiger partial charge in [0.2, 0.25) is 5.78 Å². The molecule has 0 saturated carbocycles. The summed E-state index contributed by atoms with van der Waals surface area (Å²) in [4.78, 5) is 12.6. The molecule has 0 fully saturated rings. The van der Waals surface area contributed by atoms with Crippen molar-refractivity contribution in [2.45, 2.75) is 20.4 Å². The highest BCUT2D eigenvalue weighted by Crippen LogP contribution is 2.24. The zero-order chi connectivity index (χ0) is 13.3. The molecule has 18 heavy (non-hydrogen) atoms. The third-order valence-electron chi connectivity index (χ3n) is 2.75. The van der Waals surface area contributed by atoms with E-state index in [4.69, 9.17) is 0 Å². The molecule has 2 aromatic rings. The first-order chi connectivity index (χ1) is 8.56. The van der Waals surface area contributed by atoms with Crippen LogP contribution in [-0.2, 0) is 6.54 Å². The Labute approximate surface area is 128 Å². The lowest BCUT2D eigenvalue weighted by Gasteiger charge is -2.08. The number of ketones is 1. The van der Waals surface area contributed by atoms with Crippen molar-refractivity contribution in [3.05, 3.63) is 49.3 Å². The Hall–Kier alpha value is -0.690. The predicted octanol–water partition coefficient (Wildman–Crippen LogP) is 3.81. The number of rotatable bonds is 3. The summed E-state index contributed by atoms with van der Waals surface area (Å²) in [6.45, 7) is 4.65. The summed E-state index contributed by atoms with van der Waals surface area (Å²) >= 11 is 5.61. The molecule has 0 spiro atoms. The van der Waals surface area contributed by atoms with E-state index < -0.39 is 0 Å². The summed E-state index contributed by atoms with van der Waals surface area (Å²) in [6, 6.07) is 5.77. The lowest BCUT2D eigenvalue weighted by molar-refractivity contribution is 0.102. The van der Waals surface area contributed by atoms with E-state index in [0.717, 1.165) is 19.2 Å². The summed E-state index contributed by atoms with van der Waals surface area (Å²) in [7, 11) is 0. The van der Waals surface area contributed by atoms with E-state index in [-0.39, 0.29) is 5.78 Å². The molecule has 0 N–H and O–H groups in total. The standard InChI is InChI=1S/C13H12BrIN2O/c1-3-17-12(10(14)7-16-17)13(18)9-6-4-5-8(2)11(9)15/h4-7H,3H2,1-2H3. The van der Waals surface area contributed by atoms with Gasteiger partial charge in [0.15, 0.2) is 0 Å². The largest absolute Gasteiger partial charge is 0.287 e. The summed E-state index contributed by atoms with van der Waals surface area (Å²) in [5.74, 6) is 0.00863. The van der Waals surface area contributed by atoms with E-state index >= 15 is 0 Å². The molecule has 0 atom stereocenters. The van der Waals surface area contributed by atoms with Gasteiger partial charge in [-0.2, -0.15) is 5.10 Å². The summed E-state index contributed by atoms with van der Waals surface area (Å²) in [5.41, 5.74) is 2.45. The zero-order valence-corrected chi connectivity index (χ0v) is 13.8. The van der Waals surface area contributed by atoms with Crippen LogP contribution in [0.25, 0.3) is 0 Å². The third kappa shape index (κ3) is 2.38. The van der Waals surface area contributed by atoms with Crippen LogP contribution in [0, 0.1) is 10.5 Å². The van der Waals surface area contributed by atoms with Gasteiger partial charge in [-0.1, -0.05) is 12.1 Å². The van der Waals surface area contributed by atoms with Gasteiger partial charge in [0.1, 0.15) is 5.69 Å². The van der Waals surface area contributed by atoms with Gasteiger partial charge in [-0.25, -0.2) is 0 Å². The normalized spacial score (nSPS) is 10.7. The SMILES string of the molecule is CCn1ncc(Br)c1C(=O)c1cccc(C)c1I. The van der Waals surface area contributed by atoms with Crippen molar-refractivity contribution in [1.29, 1.82) is 0 Å². The second kappa shape index (κ2) is 5.52. The van der Waals surface area contributed by atoms with E-state index in [2.05, 4.69) is 43.6 Å². The fourth-order valence-corrected chi connectivity index (χ4v) is 2.86. The quantitative estimate of drug-likeness (QED) is 0.561. The molecule has 0 bridgehead atoms.